The second-order valence-electron chi connectivity index (χ2n) is 2.67. The fourth-order valence-corrected chi connectivity index (χ4v) is 1.42. The summed E-state index contributed by atoms with van der Waals surface area (Å²) in [6.45, 7) is 0.690. The van der Waals surface area contributed by atoms with Gasteiger partial charge in [0.15, 0.2) is 0 Å². The second-order valence-corrected chi connectivity index (χ2v) is 3.61. The van der Waals surface area contributed by atoms with Crippen LogP contribution < -0.4 is 4.74 Å². The third-order valence-electron chi connectivity index (χ3n) is 1.60. The van der Waals surface area contributed by atoms with Crippen molar-refractivity contribution in [3.05, 3.63) is 29.8 Å². The lowest BCUT2D eigenvalue weighted by Crippen LogP contribution is -1.97. The van der Waals surface area contributed by atoms with Gasteiger partial charge in [0.25, 0.3) is 0 Å². The average molecular weight is 264 g/mol. The van der Waals surface area contributed by atoms with Crippen LogP contribution in [0.25, 0.3) is 0 Å². The second kappa shape index (κ2) is 6.28. The maximum absolute atomic E-state index is 5.54. The highest BCUT2D eigenvalue weighted by Crippen LogP contribution is 2.15. The molecule has 0 saturated carbocycles. The zero-order valence-corrected chi connectivity index (χ0v) is 9.64. The van der Waals surface area contributed by atoms with Gasteiger partial charge in [-0.15, -0.1) is 11.6 Å². The van der Waals surface area contributed by atoms with Gasteiger partial charge in [0, 0.05) is 11.2 Å². The summed E-state index contributed by atoms with van der Waals surface area (Å²) in [7, 11) is 0. The normalized spacial score (nSPS) is 10.0. The molecule has 72 valence electrons. The zero-order valence-electron chi connectivity index (χ0n) is 7.30. The van der Waals surface area contributed by atoms with Gasteiger partial charge >= 0.3 is 0 Å². The van der Waals surface area contributed by atoms with Crippen LogP contribution >= 0.6 is 27.5 Å². The summed E-state index contributed by atoms with van der Waals surface area (Å²) in [5.41, 5.74) is 1.23. The Morgan fingerprint density at radius 2 is 2.23 bits per heavy atom. The number of ether oxygens (including phenoxy) is 1. The van der Waals surface area contributed by atoms with Gasteiger partial charge in [-0.3, -0.25) is 0 Å². The molecule has 1 rings (SSSR count). The number of benzene rings is 1. The van der Waals surface area contributed by atoms with Gasteiger partial charge in [-0.1, -0.05) is 28.1 Å². The van der Waals surface area contributed by atoms with Crippen LogP contribution in [-0.4, -0.2) is 12.5 Å². The zero-order chi connectivity index (χ0) is 9.52. The Balaban J connectivity index is 2.46. The molecule has 0 spiro atoms. The molecule has 3 heteroatoms. The molecule has 0 N–H and O–H groups in total. The molecule has 0 aromatic heterocycles. The van der Waals surface area contributed by atoms with E-state index in [4.69, 9.17) is 16.3 Å². The Labute approximate surface area is 92.2 Å². The summed E-state index contributed by atoms with van der Waals surface area (Å²) >= 11 is 8.94. The van der Waals surface area contributed by atoms with Gasteiger partial charge < -0.3 is 4.74 Å². The Hall–Kier alpha value is -0.210. The van der Waals surface area contributed by atoms with Crippen LogP contribution in [0.1, 0.15) is 12.0 Å². The van der Waals surface area contributed by atoms with Crippen molar-refractivity contribution < 1.29 is 4.74 Å². The minimum Gasteiger partial charge on any atom is -0.494 e. The van der Waals surface area contributed by atoms with Gasteiger partial charge in [-0.05, 0) is 24.1 Å². The first-order valence-corrected chi connectivity index (χ1v) is 5.86. The van der Waals surface area contributed by atoms with E-state index in [-0.39, 0.29) is 0 Å². The fraction of sp³-hybridized carbons (Fsp3) is 0.400. The Morgan fingerprint density at radius 1 is 1.38 bits per heavy atom. The minimum atomic E-state index is 0.651. The van der Waals surface area contributed by atoms with Crippen LogP contribution in [0.3, 0.4) is 0 Å². The van der Waals surface area contributed by atoms with Crippen molar-refractivity contribution in [1.82, 2.24) is 0 Å². The van der Waals surface area contributed by atoms with E-state index in [0.717, 1.165) is 17.5 Å². The summed E-state index contributed by atoms with van der Waals surface area (Å²) in [6.07, 6.45) is 0.889. The van der Waals surface area contributed by atoms with E-state index in [1.165, 1.54) is 5.56 Å². The topological polar surface area (TPSA) is 9.23 Å². The third kappa shape index (κ3) is 4.01. The maximum atomic E-state index is 5.54. The molecule has 1 aromatic rings. The first kappa shape index (κ1) is 10.9. The van der Waals surface area contributed by atoms with E-state index in [9.17, 15) is 0 Å². The molecule has 1 aromatic carbocycles. The van der Waals surface area contributed by atoms with Crippen LogP contribution in [-0.2, 0) is 5.33 Å². The van der Waals surface area contributed by atoms with E-state index in [1.807, 2.05) is 18.2 Å². The molecule has 1 nitrogen and oxygen atoms in total. The highest BCUT2D eigenvalue weighted by molar-refractivity contribution is 9.08. The maximum Gasteiger partial charge on any atom is 0.119 e. The van der Waals surface area contributed by atoms with E-state index in [0.29, 0.717) is 12.5 Å². The van der Waals surface area contributed by atoms with Crippen LogP contribution in [0.5, 0.6) is 5.75 Å². The van der Waals surface area contributed by atoms with E-state index >= 15 is 0 Å². The molecular formula is C10H12BrClO. The molecule has 0 unspecified atom stereocenters. The highest BCUT2D eigenvalue weighted by Gasteiger charge is 1.94. The van der Waals surface area contributed by atoms with Gasteiger partial charge in [-0.25, -0.2) is 0 Å². The summed E-state index contributed by atoms with van der Waals surface area (Å²) < 4.78 is 5.48. The minimum absolute atomic E-state index is 0.651. The van der Waals surface area contributed by atoms with Crippen molar-refractivity contribution >= 4 is 27.5 Å². The number of hydrogen-bond acceptors (Lipinski definition) is 1. The van der Waals surface area contributed by atoms with Gasteiger partial charge in [-0.2, -0.15) is 0 Å². The molecule has 0 aliphatic heterocycles. The predicted octanol–water partition coefficient (Wildman–Crippen LogP) is 3.59. The fourth-order valence-electron chi connectivity index (χ4n) is 0.963. The van der Waals surface area contributed by atoms with E-state index in [2.05, 4.69) is 22.0 Å². The molecule has 0 heterocycles. The summed E-state index contributed by atoms with van der Waals surface area (Å²) in [6, 6.07) is 8.04. The number of halogens is 2. The summed E-state index contributed by atoms with van der Waals surface area (Å²) in [4.78, 5) is 0. The summed E-state index contributed by atoms with van der Waals surface area (Å²) in [5, 5.41) is 0.861. The number of rotatable bonds is 5. The first-order chi connectivity index (χ1) is 6.36. The molecule has 0 atom stereocenters. The Kier molecular flexibility index (Phi) is 5.25. The molecule has 0 fully saturated rings. The molecule has 13 heavy (non-hydrogen) atoms. The third-order valence-corrected chi connectivity index (χ3v) is 2.51. The van der Waals surface area contributed by atoms with E-state index < -0.39 is 0 Å². The lowest BCUT2D eigenvalue weighted by Gasteiger charge is -2.05. The highest BCUT2D eigenvalue weighted by atomic mass is 79.9. The molecule has 0 amide bonds. The molecule has 0 aliphatic carbocycles. The van der Waals surface area contributed by atoms with Crippen molar-refractivity contribution in [2.75, 3.05) is 12.5 Å². The standard InChI is InChI=1S/C10H12BrClO/c11-8-9-3-1-4-10(7-9)13-6-2-5-12/h1,3-4,7H,2,5-6,8H2. The lowest BCUT2D eigenvalue weighted by atomic mass is 10.2. The average Bonchev–Trinajstić information content (AvgIpc) is 2.19. The molecule has 0 saturated heterocycles. The van der Waals surface area contributed by atoms with Gasteiger partial charge in [0.1, 0.15) is 5.75 Å². The van der Waals surface area contributed by atoms with Gasteiger partial charge in [0.2, 0.25) is 0 Å². The van der Waals surface area contributed by atoms with Crippen molar-refractivity contribution in [1.29, 1.82) is 0 Å². The van der Waals surface area contributed by atoms with Gasteiger partial charge in [0.05, 0.1) is 6.61 Å². The first-order valence-electron chi connectivity index (χ1n) is 4.20. The van der Waals surface area contributed by atoms with Crippen LogP contribution in [0, 0.1) is 0 Å². The monoisotopic (exact) mass is 262 g/mol. The smallest absolute Gasteiger partial charge is 0.119 e. The van der Waals surface area contributed by atoms with Crippen molar-refractivity contribution in [2.24, 2.45) is 0 Å². The van der Waals surface area contributed by atoms with Crippen LogP contribution in [0.15, 0.2) is 24.3 Å². The SMILES string of the molecule is ClCCCOc1cccc(CBr)c1. The van der Waals surface area contributed by atoms with Crippen molar-refractivity contribution in [3.63, 3.8) is 0 Å². The summed E-state index contributed by atoms with van der Waals surface area (Å²) in [5.74, 6) is 1.57. The number of alkyl halides is 2. The molecular weight excluding hydrogens is 251 g/mol. The van der Waals surface area contributed by atoms with E-state index in [1.54, 1.807) is 0 Å². The molecule has 0 bridgehead atoms. The van der Waals surface area contributed by atoms with Crippen LogP contribution in [0.4, 0.5) is 0 Å². The quantitative estimate of drug-likeness (QED) is 0.583. The predicted molar refractivity (Wildman–Crippen MR) is 59.9 cm³/mol. The lowest BCUT2D eigenvalue weighted by molar-refractivity contribution is 0.318. The Morgan fingerprint density at radius 3 is 2.92 bits per heavy atom. The van der Waals surface area contributed by atoms with Crippen LogP contribution in [0.2, 0.25) is 0 Å². The molecule has 0 radical (unpaired) electrons. The van der Waals surface area contributed by atoms with Crippen molar-refractivity contribution in [2.45, 2.75) is 11.8 Å². The number of hydrogen-bond donors (Lipinski definition) is 0. The Bertz CT molecular complexity index is 252. The largest absolute Gasteiger partial charge is 0.494 e. The molecule has 0 aliphatic rings. The van der Waals surface area contributed by atoms with Crippen molar-refractivity contribution in [3.8, 4) is 5.75 Å².